The maximum atomic E-state index is 3.23. The second kappa shape index (κ2) is 5.89. The summed E-state index contributed by atoms with van der Waals surface area (Å²) in [4.78, 5) is 2.12. The van der Waals surface area contributed by atoms with Crippen molar-refractivity contribution in [2.45, 2.75) is 13.5 Å². The first-order chi connectivity index (χ1) is 9.11. The van der Waals surface area contributed by atoms with Gasteiger partial charge in [0, 0.05) is 26.3 Å². The van der Waals surface area contributed by atoms with Crippen LogP contribution >= 0.6 is 0 Å². The Bertz CT molecular complexity index is 542. The van der Waals surface area contributed by atoms with Crippen molar-refractivity contribution in [3.05, 3.63) is 53.6 Å². The van der Waals surface area contributed by atoms with Gasteiger partial charge in [0.2, 0.25) is 0 Å². The second-order valence-electron chi connectivity index (χ2n) is 5.13. The Kier molecular flexibility index (Phi) is 4.23. The molecule has 0 radical (unpaired) electrons. The summed E-state index contributed by atoms with van der Waals surface area (Å²) >= 11 is 0. The van der Waals surface area contributed by atoms with Crippen molar-refractivity contribution in [2.75, 3.05) is 26.0 Å². The van der Waals surface area contributed by atoms with Crippen LogP contribution < -0.4 is 10.2 Å². The zero-order valence-electron chi connectivity index (χ0n) is 12.2. The molecule has 0 atom stereocenters. The summed E-state index contributed by atoms with van der Waals surface area (Å²) < 4.78 is 0. The minimum Gasteiger partial charge on any atom is -0.378 e. The number of benzene rings is 2. The van der Waals surface area contributed by atoms with Crippen LogP contribution in [0.2, 0.25) is 0 Å². The predicted octanol–water partition coefficient (Wildman–Crippen LogP) is 3.45. The average molecular weight is 254 g/mol. The molecule has 0 aliphatic rings. The zero-order valence-corrected chi connectivity index (χ0v) is 12.2. The molecule has 0 saturated carbocycles. The zero-order chi connectivity index (χ0) is 13.8. The first kappa shape index (κ1) is 13.6. The Hall–Kier alpha value is -1.80. The van der Waals surface area contributed by atoms with Crippen LogP contribution in [0.15, 0.2) is 42.5 Å². The molecule has 0 bridgehead atoms. The molecule has 2 rings (SSSR count). The van der Waals surface area contributed by atoms with Crippen molar-refractivity contribution in [1.29, 1.82) is 0 Å². The standard InChI is InChI=1S/C17H22N2/c1-13-5-6-15(12-18-2)17(11-13)14-7-9-16(10-8-14)19(3)4/h5-11,18H,12H2,1-4H3. The molecular formula is C17H22N2. The Morgan fingerprint density at radius 1 is 1.00 bits per heavy atom. The van der Waals surface area contributed by atoms with E-state index in [0.29, 0.717) is 0 Å². The third-order valence-corrected chi connectivity index (χ3v) is 3.33. The first-order valence-electron chi connectivity index (χ1n) is 6.63. The van der Waals surface area contributed by atoms with Gasteiger partial charge in [0.25, 0.3) is 0 Å². The van der Waals surface area contributed by atoms with Crippen molar-refractivity contribution in [3.63, 3.8) is 0 Å². The van der Waals surface area contributed by atoms with E-state index in [2.05, 4.69) is 73.7 Å². The number of rotatable bonds is 4. The first-order valence-corrected chi connectivity index (χ1v) is 6.63. The highest BCUT2D eigenvalue weighted by Crippen LogP contribution is 2.27. The van der Waals surface area contributed by atoms with Crippen LogP contribution in [-0.2, 0) is 6.54 Å². The molecule has 1 N–H and O–H groups in total. The van der Waals surface area contributed by atoms with E-state index in [4.69, 9.17) is 0 Å². The summed E-state index contributed by atoms with van der Waals surface area (Å²) in [5.74, 6) is 0. The van der Waals surface area contributed by atoms with Crippen molar-refractivity contribution in [2.24, 2.45) is 0 Å². The Balaban J connectivity index is 2.42. The van der Waals surface area contributed by atoms with Crippen molar-refractivity contribution in [1.82, 2.24) is 5.32 Å². The summed E-state index contributed by atoms with van der Waals surface area (Å²) in [6.45, 7) is 3.03. The highest BCUT2D eigenvalue weighted by atomic mass is 15.1. The fourth-order valence-corrected chi connectivity index (χ4v) is 2.24. The average Bonchev–Trinajstić information content (AvgIpc) is 2.41. The van der Waals surface area contributed by atoms with Crippen LogP contribution in [0.5, 0.6) is 0 Å². The van der Waals surface area contributed by atoms with Gasteiger partial charge in [-0.05, 0) is 42.8 Å². The predicted molar refractivity (Wildman–Crippen MR) is 83.7 cm³/mol. The van der Waals surface area contributed by atoms with Crippen molar-refractivity contribution < 1.29 is 0 Å². The molecule has 2 aromatic carbocycles. The maximum absolute atomic E-state index is 3.23. The van der Waals surface area contributed by atoms with Crippen LogP contribution in [0.25, 0.3) is 11.1 Å². The van der Waals surface area contributed by atoms with Gasteiger partial charge in [0.15, 0.2) is 0 Å². The van der Waals surface area contributed by atoms with E-state index in [-0.39, 0.29) is 0 Å². The van der Waals surface area contributed by atoms with Gasteiger partial charge < -0.3 is 10.2 Å². The molecule has 0 aromatic heterocycles. The SMILES string of the molecule is CNCc1ccc(C)cc1-c1ccc(N(C)C)cc1. The van der Waals surface area contributed by atoms with Crippen LogP contribution in [0, 0.1) is 6.92 Å². The molecule has 0 unspecified atom stereocenters. The molecule has 0 saturated heterocycles. The Morgan fingerprint density at radius 3 is 2.26 bits per heavy atom. The largest absolute Gasteiger partial charge is 0.378 e. The topological polar surface area (TPSA) is 15.3 Å². The van der Waals surface area contributed by atoms with Gasteiger partial charge in [0.05, 0.1) is 0 Å². The number of hydrogen-bond acceptors (Lipinski definition) is 2. The quantitative estimate of drug-likeness (QED) is 0.899. The monoisotopic (exact) mass is 254 g/mol. The summed E-state index contributed by atoms with van der Waals surface area (Å²) in [5.41, 5.74) is 6.46. The Labute approximate surface area is 116 Å². The number of hydrogen-bond donors (Lipinski definition) is 1. The van der Waals surface area contributed by atoms with E-state index < -0.39 is 0 Å². The molecule has 19 heavy (non-hydrogen) atoms. The number of aryl methyl sites for hydroxylation is 1. The van der Waals surface area contributed by atoms with Gasteiger partial charge in [0.1, 0.15) is 0 Å². The lowest BCUT2D eigenvalue weighted by Gasteiger charge is -2.14. The highest BCUT2D eigenvalue weighted by Gasteiger charge is 2.05. The molecule has 2 heteroatoms. The van der Waals surface area contributed by atoms with E-state index >= 15 is 0 Å². The van der Waals surface area contributed by atoms with E-state index in [1.165, 1.54) is 27.9 Å². The molecule has 2 nitrogen and oxygen atoms in total. The minimum absolute atomic E-state index is 0.894. The van der Waals surface area contributed by atoms with Gasteiger partial charge >= 0.3 is 0 Å². The summed E-state index contributed by atoms with van der Waals surface area (Å²) in [5, 5.41) is 3.23. The third-order valence-electron chi connectivity index (χ3n) is 3.33. The van der Waals surface area contributed by atoms with Crippen LogP contribution in [0.1, 0.15) is 11.1 Å². The molecule has 100 valence electrons. The van der Waals surface area contributed by atoms with Crippen LogP contribution in [0.3, 0.4) is 0 Å². The van der Waals surface area contributed by atoms with Crippen LogP contribution in [-0.4, -0.2) is 21.1 Å². The summed E-state index contributed by atoms with van der Waals surface area (Å²) in [7, 11) is 6.11. The van der Waals surface area contributed by atoms with Gasteiger partial charge in [-0.25, -0.2) is 0 Å². The van der Waals surface area contributed by atoms with Gasteiger partial charge in [-0.3, -0.25) is 0 Å². The Morgan fingerprint density at radius 2 is 1.68 bits per heavy atom. The maximum Gasteiger partial charge on any atom is 0.0361 e. The van der Waals surface area contributed by atoms with Crippen molar-refractivity contribution in [3.8, 4) is 11.1 Å². The highest BCUT2D eigenvalue weighted by molar-refractivity contribution is 5.70. The van der Waals surface area contributed by atoms with Gasteiger partial charge in [-0.2, -0.15) is 0 Å². The van der Waals surface area contributed by atoms with E-state index in [1.54, 1.807) is 0 Å². The minimum atomic E-state index is 0.894. The number of anilines is 1. The second-order valence-corrected chi connectivity index (χ2v) is 5.13. The molecule has 0 fully saturated rings. The molecule has 0 aliphatic carbocycles. The lowest BCUT2D eigenvalue weighted by molar-refractivity contribution is 0.819. The molecule has 0 amide bonds. The van der Waals surface area contributed by atoms with Gasteiger partial charge in [-0.1, -0.05) is 35.9 Å². The van der Waals surface area contributed by atoms with Crippen LogP contribution in [0.4, 0.5) is 5.69 Å². The molecule has 2 aromatic rings. The summed E-state index contributed by atoms with van der Waals surface area (Å²) in [6.07, 6.45) is 0. The molecule has 0 spiro atoms. The van der Waals surface area contributed by atoms with E-state index in [9.17, 15) is 0 Å². The van der Waals surface area contributed by atoms with Crippen molar-refractivity contribution >= 4 is 5.69 Å². The third kappa shape index (κ3) is 3.15. The fraction of sp³-hybridized carbons (Fsp3) is 0.294. The normalized spacial score (nSPS) is 10.5. The molecule has 0 aliphatic heterocycles. The van der Waals surface area contributed by atoms with E-state index in [0.717, 1.165) is 6.54 Å². The van der Waals surface area contributed by atoms with Gasteiger partial charge in [-0.15, -0.1) is 0 Å². The summed E-state index contributed by atoms with van der Waals surface area (Å²) in [6, 6.07) is 15.4. The molecular weight excluding hydrogens is 232 g/mol. The lowest BCUT2D eigenvalue weighted by atomic mass is 9.97. The molecule has 0 heterocycles. The number of nitrogens with one attached hydrogen (secondary N) is 1. The van der Waals surface area contributed by atoms with E-state index in [1.807, 2.05) is 7.05 Å². The number of nitrogens with zero attached hydrogens (tertiary/aromatic N) is 1. The lowest BCUT2D eigenvalue weighted by Crippen LogP contribution is -2.08. The fourth-order valence-electron chi connectivity index (χ4n) is 2.24. The smallest absolute Gasteiger partial charge is 0.0361 e.